The summed E-state index contributed by atoms with van der Waals surface area (Å²) in [5, 5.41) is 105. The van der Waals surface area contributed by atoms with Gasteiger partial charge < -0.3 is 89.0 Å². The lowest BCUT2D eigenvalue weighted by Crippen LogP contribution is -2.60. The van der Waals surface area contributed by atoms with Gasteiger partial charge in [-0.05, 0) is 49.1 Å². The molecular weight excluding hydrogens is 736 g/mol. The quantitative estimate of drug-likeness (QED) is 0.105. The first-order valence-electron chi connectivity index (χ1n) is 17.7. The molecular formula is C36H50O19. The van der Waals surface area contributed by atoms with E-state index in [2.05, 4.69) is 0 Å². The standard InChI is InChI=1S/C36H50O19/c1-14(2)7-18(38)17-5-6-21(24(33(46)47)31(17)48-4)52-30-16(8-15(3)9-19(30)39)11-49-34-27(43)26(42)23(13-51-34)54-35-29(45)32(20(40)12-50-35)55-36-28(44)25(41)22(10-37)53-36/h5-6,8-9,14,18,20,22-23,25-29,32,34-45H,7,10-13H2,1-4H3,(H,46,47)/t18-,20+,22-,23+,25+,26+,27-,28+,29+,32+,34-,35+,36+/m1/s1. The molecule has 3 aliphatic rings. The van der Waals surface area contributed by atoms with E-state index in [1.54, 1.807) is 13.0 Å². The Morgan fingerprint density at radius 3 is 2.22 bits per heavy atom. The van der Waals surface area contributed by atoms with Crippen LogP contribution in [0.5, 0.6) is 23.0 Å². The maximum absolute atomic E-state index is 12.4. The lowest BCUT2D eigenvalue weighted by atomic mass is 9.96. The number of aliphatic hydroxyl groups excluding tert-OH is 8. The maximum Gasteiger partial charge on any atom is 0.343 e. The van der Waals surface area contributed by atoms with Crippen molar-refractivity contribution < 1.29 is 93.8 Å². The van der Waals surface area contributed by atoms with Crippen LogP contribution in [0, 0.1) is 12.8 Å². The first-order valence-corrected chi connectivity index (χ1v) is 17.7. The number of aliphatic hydroxyl groups is 8. The van der Waals surface area contributed by atoms with Crippen molar-refractivity contribution in [2.45, 2.75) is 114 Å². The Labute approximate surface area is 315 Å². The number of phenols is 1. The minimum atomic E-state index is -1.73. The van der Waals surface area contributed by atoms with Gasteiger partial charge in [-0.2, -0.15) is 0 Å². The fourth-order valence-electron chi connectivity index (χ4n) is 6.66. The van der Waals surface area contributed by atoms with E-state index < -0.39 is 111 Å². The third-order valence-electron chi connectivity index (χ3n) is 9.49. The van der Waals surface area contributed by atoms with Gasteiger partial charge in [0.15, 0.2) is 30.4 Å². The summed E-state index contributed by atoms with van der Waals surface area (Å²) in [6.45, 7) is 3.67. The van der Waals surface area contributed by atoms with Crippen LogP contribution in [0.3, 0.4) is 0 Å². The highest BCUT2D eigenvalue weighted by molar-refractivity contribution is 5.95. The van der Waals surface area contributed by atoms with E-state index in [9.17, 15) is 55.9 Å². The second-order valence-corrected chi connectivity index (χ2v) is 14.1. The number of hydrogen-bond donors (Lipinski definition) is 10. The van der Waals surface area contributed by atoms with Crippen molar-refractivity contribution in [2.24, 2.45) is 5.92 Å². The zero-order valence-electron chi connectivity index (χ0n) is 30.6. The van der Waals surface area contributed by atoms with Crippen LogP contribution in [0.2, 0.25) is 0 Å². The zero-order chi connectivity index (χ0) is 40.3. The second kappa shape index (κ2) is 18.3. The molecule has 55 heavy (non-hydrogen) atoms. The number of aromatic carboxylic acids is 1. The van der Waals surface area contributed by atoms with E-state index in [4.69, 9.17) is 37.9 Å². The maximum atomic E-state index is 12.4. The van der Waals surface area contributed by atoms with E-state index >= 15 is 0 Å². The number of carboxylic acid groups (broad SMARTS) is 1. The average Bonchev–Trinajstić information content (AvgIpc) is 3.40. The predicted octanol–water partition coefficient (Wildman–Crippen LogP) is -0.839. The molecule has 3 aliphatic heterocycles. The number of carbonyl (C=O) groups is 1. The van der Waals surface area contributed by atoms with E-state index in [1.165, 1.54) is 25.3 Å². The fraction of sp³-hybridized carbons (Fsp3) is 0.639. The average molecular weight is 787 g/mol. The molecule has 3 saturated heterocycles. The van der Waals surface area contributed by atoms with Gasteiger partial charge in [0.05, 0.1) is 39.6 Å². The van der Waals surface area contributed by atoms with Crippen molar-refractivity contribution in [3.63, 3.8) is 0 Å². The number of methoxy groups -OCH3 is 1. The molecule has 0 spiro atoms. The van der Waals surface area contributed by atoms with Crippen LogP contribution in [0.15, 0.2) is 24.3 Å². The number of phenolic OH excluding ortho intramolecular Hbond substituents is 1. The van der Waals surface area contributed by atoms with Gasteiger partial charge in [0.25, 0.3) is 0 Å². The molecule has 2 aromatic rings. The predicted molar refractivity (Wildman–Crippen MR) is 183 cm³/mol. The molecule has 3 heterocycles. The first kappa shape index (κ1) is 42.9. The summed E-state index contributed by atoms with van der Waals surface area (Å²) < 4.78 is 44.7. The van der Waals surface area contributed by atoms with Crippen LogP contribution in [-0.2, 0) is 35.0 Å². The third-order valence-corrected chi connectivity index (χ3v) is 9.49. The summed E-state index contributed by atoms with van der Waals surface area (Å²) in [5.74, 6) is -2.19. The molecule has 5 rings (SSSR count). The van der Waals surface area contributed by atoms with Gasteiger partial charge in [-0.15, -0.1) is 0 Å². The topological polar surface area (TPSA) is 293 Å². The van der Waals surface area contributed by atoms with Crippen molar-refractivity contribution in [1.82, 2.24) is 0 Å². The Bertz CT molecular complexity index is 1610. The normalized spacial score (nSPS) is 33.1. The largest absolute Gasteiger partial charge is 0.504 e. The number of benzene rings is 2. The molecule has 2 aromatic carbocycles. The molecule has 10 N–H and O–H groups in total. The molecule has 0 aliphatic carbocycles. The Hall–Kier alpha value is -3.25. The Morgan fingerprint density at radius 1 is 0.891 bits per heavy atom. The van der Waals surface area contributed by atoms with E-state index in [1.807, 2.05) is 13.8 Å². The number of rotatable bonds is 15. The van der Waals surface area contributed by atoms with Gasteiger partial charge in [0.1, 0.15) is 72.0 Å². The van der Waals surface area contributed by atoms with Gasteiger partial charge >= 0.3 is 5.97 Å². The molecule has 308 valence electrons. The van der Waals surface area contributed by atoms with Gasteiger partial charge in [0.2, 0.25) is 0 Å². The van der Waals surface area contributed by atoms with Crippen molar-refractivity contribution >= 4 is 5.97 Å². The molecule has 0 radical (unpaired) electrons. The van der Waals surface area contributed by atoms with Crippen LogP contribution in [0.4, 0.5) is 0 Å². The lowest BCUT2D eigenvalue weighted by Gasteiger charge is -2.42. The van der Waals surface area contributed by atoms with Gasteiger partial charge in [-0.3, -0.25) is 0 Å². The van der Waals surface area contributed by atoms with E-state index in [0.29, 0.717) is 12.0 Å². The van der Waals surface area contributed by atoms with E-state index in [-0.39, 0.29) is 46.6 Å². The van der Waals surface area contributed by atoms with Crippen molar-refractivity contribution in [3.05, 3.63) is 46.5 Å². The second-order valence-electron chi connectivity index (χ2n) is 14.1. The molecule has 0 unspecified atom stereocenters. The van der Waals surface area contributed by atoms with Gasteiger partial charge in [0, 0.05) is 11.1 Å². The highest BCUT2D eigenvalue weighted by Crippen LogP contribution is 2.43. The SMILES string of the molecule is COc1c([C@H](O)CC(C)C)ccc(Oc2c(O)cc(C)cc2CO[C@@H]2OC[C@H](O[C@@H]3OC[C@H](O)[C@H](O[C@@H]4O[C@H](CO)[C@H](O)[C@@H]4O)[C@@H]3O)[C@H](O)[C@H]2O)c1C(=O)O. The third kappa shape index (κ3) is 9.49. The van der Waals surface area contributed by atoms with Crippen molar-refractivity contribution in [1.29, 1.82) is 0 Å². The van der Waals surface area contributed by atoms with Crippen LogP contribution < -0.4 is 9.47 Å². The summed E-state index contributed by atoms with van der Waals surface area (Å²) >= 11 is 0. The monoisotopic (exact) mass is 786 g/mol. The highest BCUT2D eigenvalue weighted by Gasteiger charge is 2.50. The minimum Gasteiger partial charge on any atom is -0.504 e. The molecule has 3 fully saturated rings. The summed E-state index contributed by atoms with van der Waals surface area (Å²) in [6, 6.07) is 5.77. The summed E-state index contributed by atoms with van der Waals surface area (Å²) in [7, 11) is 1.26. The summed E-state index contributed by atoms with van der Waals surface area (Å²) in [4.78, 5) is 12.4. The van der Waals surface area contributed by atoms with E-state index in [0.717, 1.165) is 0 Å². The minimum absolute atomic E-state index is 0.0946. The fourth-order valence-corrected chi connectivity index (χ4v) is 6.66. The smallest absolute Gasteiger partial charge is 0.343 e. The summed E-state index contributed by atoms with van der Waals surface area (Å²) in [5.41, 5.74) is 0.626. The summed E-state index contributed by atoms with van der Waals surface area (Å²) in [6.07, 6.45) is -18.7. The number of aromatic hydroxyl groups is 1. The first-order chi connectivity index (χ1) is 26.1. The van der Waals surface area contributed by atoms with Crippen molar-refractivity contribution in [3.8, 4) is 23.0 Å². The number of ether oxygens (including phenoxy) is 8. The number of hydrogen-bond acceptors (Lipinski definition) is 18. The van der Waals surface area contributed by atoms with Gasteiger partial charge in [-0.1, -0.05) is 13.8 Å². The lowest BCUT2D eigenvalue weighted by molar-refractivity contribution is -0.342. The number of aryl methyl sites for hydroxylation is 1. The Balaban J connectivity index is 1.25. The van der Waals surface area contributed by atoms with Crippen LogP contribution in [0.1, 0.15) is 53.4 Å². The van der Waals surface area contributed by atoms with Crippen molar-refractivity contribution in [2.75, 3.05) is 26.9 Å². The molecule has 13 atom stereocenters. The molecule has 19 heteroatoms. The van der Waals surface area contributed by atoms with Crippen LogP contribution >= 0.6 is 0 Å². The van der Waals surface area contributed by atoms with Crippen LogP contribution in [-0.4, -0.2) is 158 Å². The molecule has 0 aromatic heterocycles. The Morgan fingerprint density at radius 2 is 1.58 bits per heavy atom. The number of carboxylic acids is 1. The van der Waals surface area contributed by atoms with Crippen LogP contribution in [0.25, 0.3) is 0 Å². The zero-order valence-corrected chi connectivity index (χ0v) is 30.6. The molecule has 0 bridgehead atoms. The Kier molecular flexibility index (Phi) is 14.3. The van der Waals surface area contributed by atoms with Gasteiger partial charge in [-0.25, -0.2) is 4.79 Å². The molecule has 19 nitrogen and oxygen atoms in total. The molecule has 0 amide bonds. The molecule has 0 saturated carbocycles. The highest BCUT2D eigenvalue weighted by atomic mass is 16.7.